The molecule has 2 saturated carbocycles. The van der Waals surface area contributed by atoms with Gasteiger partial charge < -0.3 is 10.9 Å². The summed E-state index contributed by atoms with van der Waals surface area (Å²) < 4.78 is 0. The van der Waals surface area contributed by atoms with Crippen LogP contribution in [0.3, 0.4) is 0 Å². The summed E-state index contributed by atoms with van der Waals surface area (Å²) >= 11 is 0. The molecule has 0 aliphatic heterocycles. The van der Waals surface area contributed by atoms with E-state index < -0.39 is 0 Å². The van der Waals surface area contributed by atoms with E-state index in [4.69, 9.17) is 10.9 Å². The summed E-state index contributed by atoms with van der Waals surface area (Å²) in [6, 6.07) is 0.787. The maximum atomic E-state index is 8.47. The normalized spacial score (nSPS) is 22.3. The van der Waals surface area contributed by atoms with E-state index in [0.717, 1.165) is 18.5 Å². The highest BCUT2D eigenvalue weighted by Gasteiger charge is 2.30. The second kappa shape index (κ2) is 4.84. The van der Waals surface area contributed by atoms with Gasteiger partial charge in [0.2, 0.25) is 0 Å². The highest BCUT2D eigenvalue weighted by atomic mass is 16.4. The summed E-state index contributed by atoms with van der Waals surface area (Å²) in [5, 5.41) is 11.5. The first kappa shape index (κ1) is 10.7. The van der Waals surface area contributed by atoms with Crippen LogP contribution in [0.2, 0.25) is 0 Å². The molecule has 15 heavy (non-hydrogen) atoms. The standard InChI is InChI=1S/C11H21N3O/c12-11(13-15)6-8-14(10-3-4-10)7-5-9-1-2-9/h9-10,15H,1-8H2,(H2,12,13). The van der Waals surface area contributed by atoms with Crippen molar-refractivity contribution in [2.24, 2.45) is 16.8 Å². The summed E-state index contributed by atoms with van der Waals surface area (Å²) in [5.41, 5.74) is 5.48. The van der Waals surface area contributed by atoms with Crippen LogP contribution in [0.4, 0.5) is 0 Å². The molecule has 3 N–H and O–H groups in total. The first-order chi connectivity index (χ1) is 7.29. The molecule has 4 heteroatoms. The van der Waals surface area contributed by atoms with Gasteiger partial charge in [-0.25, -0.2) is 0 Å². The average molecular weight is 211 g/mol. The molecule has 0 aromatic carbocycles. The van der Waals surface area contributed by atoms with Gasteiger partial charge in [0.15, 0.2) is 0 Å². The van der Waals surface area contributed by atoms with Crippen molar-refractivity contribution in [1.82, 2.24) is 4.90 Å². The van der Waals surface area contributed by atoms with Crippen molar-refractivity contribution in [2.75, 3.05) is 13.1 Å². The first-order valence-electron chi connectivity index (χ1n) is 6.00. The number of rotatable bonds is 7. The van der Waals surface area contributed by atoms with E-state index in [1.54, 1.807) is 0 Å². The van der Waals surface area contributed by atoms with Crippen LogP contribution in [0.15, 0.2) is 5.16 Å². The molecule has 86 valence electrons. The smallest absolute Gasteiger partial charge is 0.140 e. The van der Waals surface area contributed by atoms with Crippen LogP contribution in [-0.2, 0) is 0 Å². The van der Waals surface area contributed by atoms with Crippen LogP contribution >= 0.6 is 0 Å². The van der Waals surface area contributed by atoms with Gasteiger partial charge in [-0.1, -0.05) is 18.0 Å². The van der Waals surface area contributed by atoms with Crippen LogP contribution in [0.1, 0.15) is 38.5 Å². The quantitative estimate of drug-likeness (QED) is 0.289. The molecule has 2 fully saturated rings. The van der Waals surface area contributed by atoms with Crippen LogP contribution in [0.25, 0.3) is 0 Å². The third-order valence-corrected chi connectivity index (χ3v) is 3.37. The maximum absolute atomic E-state index is 8.47. The second-order valence-corrected chi connectivity index (χ2v) is 4.84. The van der Waals surface area contributed by atoms with Gasteiger partial charge in [-0.2, -0.15) is 0 Å². The third-order valence-electron chi connectivity index (χ3n) is 3.37. The van der Waals surface area contributed by atoms with E-state index in [9.17, 15) is 0 Å². The van der Waals surface area contributed by atoms with Crippen LogP contribution in [-0.4, -0.2) is 35.1 Å². The minimum atomic E-state index is 0.354. The minimum Gasteiger partial charge on any atom is -0.409 e. The lowest BCUT2D eigenvalue weighted by Gasteiger charge is -2.21. The molecule has 2 aliphatic rings. The van der Waals surface area contributed by atoms with Gasteiger partial charge in [0.1, 0.15) is 5.84 Å². The molecule has 0 unspecified atom stereocenters. The molecule has 0 bridgehead atoms. The summed E-state index contributed by atoms with van der Waals surface area (Å²) in [7, 11) is 0. The van der Waals surface area contributed by atoms with Gasteiger partial charge >= 0.3 is 0 Å². The third kappa shape index (κ3) is 3.70. The Balaban J connectivity index is 1.67. The zero-order chi connectivity index (χ0) is 10.7. The van der Waals surface area contributed by atoms with Crippen LogP contribution < -0.4 is 5.73 Å². The van der Waals surface area contributed by atoms with Crippen LogP contribution in [0.5, 0.6) is 0 Å². The van der Waals surface area contributed by atoms with E-state index >= 15 is 0 Å². The van der Waals surface area contributed by atoms with Gasteiger partial charge in [0.25, 0.3) is 0 Å². The van der Waals surface area contributed by atoms with Gasteiger partial charge in [-0.3, -0.25) is 4.90 Å². The molecular formula is C11H21N3O. The Morgan fingerprint density at radius 3 is 2.53 bits per heavy atom. The Bertz CT molecular complexity index is 234. The van der Waals surface area contributed by atoms with Gasteiger partial charge in [-0.05, 0) is 31.7 Å². The van der Waals surface area contributed by atoms with E-state index in [-0.39, 0.29) is 0 Å². The van der Waals surface area contributed by atoms with Crippen molar-refractivity contribution < 1.29 is 5.21 Å². The van der Waals surface area contributed by atoms with E-state index in [1.807, 2.05) is 0 Å². The molecular weight excluding hydrogens is 190 g/mol. The van der Waals surface area contributed by atoms with Crippen LogP contribution in [0, 0.1) is 5.92 Å². The van der Waals surface area contributed by atoms with E-state index in [2.05, 4.69) is 10.1 Å². The molecule has 2 aliphatic carbocycles. The largest absolute Gasteiger partial charge is 0.409 e. The zero-order valence-electron chi connectivity index (χ0n) is 9.23. The molecule has 2 rings (SSSR count). The predicted octanol–water partition coefficient (Wildman–Crippen LogP) is 1.39. The van der Waals surface area contributed by atoms with E-state index in [1.165, 1.54) is 38.6 Å². The SMILES string of the molecule is NC(CCN(CCC1CC1)C1CC1)=NO. The fraction of sp³-hybridized carbons (Fsp3) is 0.909. The Morgan fingerprint density at radius 2 is 2.00 bits per heavy atom. The van der Waals surface area contributed by atoms with Gasteiger partial charge in [0, 0.05) is 19.0 Å². The maximum Gasteiger partial charge on any atom is 0.140 e. The first-order valence-corrected chi connectivity index (χ1v) is 6.00. The molecule has 0 radical (unpaired) electrons. The summed E-state index contributed by atoms with van der Waals surface area (Å²) in [6.45, 7) is 2.15. The highest BCUT2D eigenvalue weighted by Crippen LogP contribution is 2.34. The number of hydrogen-bond donors (Lipinski definition) is 2. The Hall–Kier alpha value is -0.770. The van der Waals surface area contributed by atoms with E-state index in [0.29, 0.717) is 12.3 Å². The molecule has 4 nitrogen and oxygen atoms in total. The van der Waals surface area contributed by atoms with Crippen molar-refractivity contribution in [1.29, 1.82) is 0 Å². The van der Waals surface area contributed by atoms with Crippen molar-refractivity contribution in [2.45, 2.75) is 44.6 Å². The number of nitrogens with two attached hydrogens (primary N) is 1. The molecule has 0 spiro atoms. The lowest BCUT2D eigenvalue weighted by Crippen LogP contribution is -2.31. The van der Waals surface area contributed by atoms with Crippen molar-refractivity contribution in [3.63, 3.8) is 0 Å². The average Bonchev–Trinajstić information content (AvgIpc) is 3.09. The lowest BCUT2D eigenvalue weighted by atomic mass is 10.2. The fourth-order valence-corrected chi connectivity index (χ4v) is 1.98. The topological polar surface area (TPSA) is 61.8 Å². The molecule has 0 saturated heterocycles. The van der Waals surface area contributed by atoms with Crippen molar-refractivity contribution >= 4 is 5.84 Å². The molecule has 0 amide bonds. The second-order valence-electron chi connectivity index (χ2n) is 4.84. The zero-order valence-corrected chi connectivity index (χ0v) is 9.23. The van der Waals surface area contributed by atoms with Crippen molar-refractivity contribution in [3.8, 4) is 0 Å². The Morgan fingerprint density at radius 1 is 1.27 bits per heavy atom. The Labute approximate surface area is 91.1 Å². The lowest BCUT2D eigenvalue weighted by molar-refractivity contribution is 0.259. The Kier molecular flexibility index (Phi) is 3.46. The number of hydrogen-bond acceptors (Lipinski definition) is 3. The summed E-state index contributed by atoms with van der Waals surface area (Å²) in [6.07, 6.45) is 7.56. The minimum absolute atomic E-state index is 0.354. The molecule has 0 heterocycles. The summed E-state index contributed by atoms with van der Waals surface area (Å²) in [4.78, 5) is 2.51. The number of nitrogens with zero attached hydrogens (tertiary/aromatic N) is 2. The monoisotopic (exact) mass is 211 g/mol. The van der Waals surface area contributed by atoms with Gasteiger partial charge in [-0.15, -0.1) is 0 Å². The number of amidine groups is 1. The molecule has 0 aromatic rings. The predicted molar refractivity (Wildman–Crippen MR) is 60.0 cm³/mol. The van der Waals surface area contributed by atoms with Gasteiger partial charge in [0.05, 0.1) is 0 Å². The highest BCUT2D eigenvalue weighted by molar-refractivity contribution is 5.79. The molecule has 0 aromatic heterocycles. The summed E-state index contributed by atoms with van der Waals surface area (Å²) in [5.74, 6) is 1.35. The molecule has 0 atom stereocenters. The number of oxime groups is 1. The van der Waals surface area contributed by atoms with Crippen molar-refractivity contribution in [3.05, 3.63) is 0 Å². The fourth-order valence-electron chi connectivity index (χ4n) is 1.98.